The van der Waals surface area contributed by atoms with E-state index in [4.69, 9.17) is 0 Å². The molecule has 0 saturated carbocycles. The first kappa shape index (κ1) is 14.9. The fourth-order valence-electron chi connectivity index (χ4n) is 2.85. The lowest BCUT2D eigenvalue weighted by atomic mass is 9.84. The molecule has 2 N–H and O–H groups in total. The Bertz CT molecular complexity index is 679. The summed E-state index contributed by atoms with van der Waals surface area (Å²) in [5, 5.41) is 6.55. The van der Waals surface area contributed by atoms with E-state index < -0.39 is 9.84 Å². The van der Waals surface area contributed by atoms with Gasteiger partial charge >= 0.3 is 0 Å². The van der Waals surface area contributed by atoms with Crippen molar-refractivity contribution in [3.05, 3.63) is 10.6 Å². The molecule has 116 valence electrons. The summed E-state index contributed by atoms with van der Waals surface area (Å²) in [5.41, 5.74) is 0.730. The average molecular weight is 329 g/mol. The molecule has 1 aromatic heterocycles. The Hall–Kier alpha value is -0.990. The van der Waals surface area contributed by atoms with Crippen molar-refractivity contribution in [1.82, 2.24) is 10.3 Å². The number of nitrogens with zero attached hydrogens (tertiary/aromatic N) is 1. The molecule has 1 atom stereocenters. The van der Waals surface area contributed by atoms with Crippen molar-refractivity contribution in [2.45, 2.75) is 38.5 Å². The SMILES string of the molecule is CC1(C)CCNC1C(=O)Nc1nc2c(s1)CS(=O)(=O)CC2. The number of aromatic nitrogens is 1. The predicted molar refractivity (Wildman–Crippen MR) is 82.1 cm³/mol. The fraction of sp³-hybridized carbons (Fsp3) is 0.692. The van der Waals surface area contributed by atoms with Gasteiger partial charge in [-0.05, 0) is 18.4 Å². The van der Waals surface area contributed by atoms with Crippen molar-refractivity contribution < 1.29 is 13.2 Å². The van der Waals surface area contributed by atoms with Gasteiger partial charge in [0, 0.05) is 11.3 Å². The molecule has 0 radical (unpaired) electrons. The van der Waals surface area contributed by atoms with E-state index in [1.54, 1.807) is 0 Å². The van der Waals surface area contributed by atoms with E-state index in [2.05, 4.69) is 29.5 Å². The highest BCUT2D eigenvalue weighted by Crippen LogP contribution is 2.32. The van der Waals surface area contributed by atoms with Crippen LogP contribution in [0.2, 0.25) is 0 Å². The maximum atomic E-state index is 12.3. The van der Waals surface area contributed by atoms with Gasteiger partial charge in [-0.1, -0.05) is 13.8 Å². The quantitative estimate of drug-likeness (QED) is 0.843. The molecule has 1 amide bonds. The minimum atomic E-state index is -3.00. The maximum Gasteiger partial charge on any atom is 0.243 e. The van der Waals surface area contributed by atoms with E-state index in [-0.39, 0.29) is 28.9 Å². The van der Waals surface area contributed by atoms with Crippen LogP contribution in [0, 0.1) is 5.41 Å². The normalized spacial score (nSPS) is 26.3. The highest BCUT2D eigenvalue weighted by atomic mass is 32.2. The molecule has 0 spiro atoms. The van der Waals surface area contributed by atoms with Gasteiger partial charge in [-0.3, -0.25) is 4.79 Å². The molecule has 0 aromatic carbocycles. The summed E-state index contributed by atoms with van der Waals surface area (Å²) < 4.78 is 23.2. The molecule has 2 aliphatic rings. The Morgan fingerprint density at radius 2 is 2.24 bits per heavy atom. The van der Waals surface area contributed by atoms with Gasteiger partial charge in [0.05, 0.1) is 23.2 Å². The van der Waals surface area contributed by atoms with Crippen LogP contribution < -0.4 is 10.6 Å². The first-order valence-corrected chi connectivity index (χ1v) is 9.64. The van der Waals surface area contributed by atoms with Crippen molar-refractivity contribution in [3.63, 3.8) is 0 Å². The number of hydrogen-bond donors (Lipinski definition) is 2. The number of carbonyl (C=O) groups is 1. The number of carbonyl (C=O) groups excluding carboxylic acids is 1. The molecule has 1 saturated heterocycles. The van der Waals surface area contributed by atoms with Gasteiger partial charge in [0.25, 0.3) is 0 Å². The highest BCUT2D eigenvalue weighted by Gasteiger charge is 2.39. The summed E-state index contributed by atoms with van der Waals surface area (Å²) in [7, 11) is -3.00. The molecular weight excluding hydrogens is 310 g/mol. The van der Waals surface area contributed by atoms with Crippen molar-refractivity contribution in [2.24, 2.45) is 5.41 Å². The van der Waals surface area contributed by atoms with Crippen LogP contribution in [0.1, 0.15) is 30.8 Å². The summed E-state index contributed by atoms with van der Waals surface area (Å²) >= 11 is 1.27. The topological polar surface area (TPSA) is 88.2 Å². The van der Waals surface area contributed by atoms with Crippen LogP contribution in [-0.4, -0.2) is 37.6 Å². The van der Waals surface area contributed by atoms with Crippen LogP contribution in [0.25, 0.3) is 0 Å². The summed E-state index contributed by atoms with van der Waals surface area (Å²) in [4.78, 5) is 17.5. The maximum absolute atomic E-state index is 12.3. The summed E-state index contributed by atoms with van der Waals surface area (Å²) in [6.45, 7) is 4.96. The Kier molecular flexibility index (Phi) is 3.58. The van der Waals surface area contributed by atoms with Crippen LogP contribution in [-0.2, 0) is 26.8 Å². The fourth-order valence-corrected chi connectivity index (χ4v) is 5.65. The van der Waals surface area contributed by atoms with Crippen LogP contribution in [0.5, 0.6) is 0 Å². The molecule has 0 aliphatic carbocycles. The summed E-state index contributed by atoms with van der Waals surface area (Å²) in [5.74, 6) is 0.101. The minimum Gasteiger partial charge on any atom is -0.305 e. The van der Waals surface area contributed by atoms with Crippen molar-refractivity contribution in [2.75, 3.05) is 17.6 Å². The Morgan fingerprint density at radius 1 is 1.48 bits per heavy atom. The van der Waals surface area contributed by atoms with E-state index in [0.717, 1.165) is 23.5 Å². The molecule has 8 heteroatoms. The Balaban J connectivity index is 1.75. The lowest BCUT2D eigenvalue weighted by Crippen LogP contribution is -2.43. The van der Waals surface area contributed by atoms with Gasteiger partial charge in [-0.2, -0.15) is 0 Å². The molecule has 0 bridgehead atoms. The smallest absolute Gasteiger partial charge is 0.243 e. The van der Waals surface area contributed by atoms with E-state index in [0.29, 0.717) is 11.6 Å². The standard InChI is InChI=1S/C13H19N3O3S2/c1-13(2)4-5-14-10(13)11(17)16-12-15-8-3-6-21(18,19)7-9(8)20-12/h10,14H,3-7H2,1-2H3,(H,15,16,17). The summed E-state index contributed by atoms with van der Waals surface area (Å²) in [6, 6.07) is -0.234. The monoisotopic (exact) mass is 329 g/mol. The molecule has 1 fully saturated rings. The zero-order valence-corrected chi connectivity index (χ0v) is 13.7. The molecular formula is C13H19N3O3S2. The van der Waals surface area contributed by atoms with E-state index in [9.17, 15) is 13.2 Å². The van der Waals surface area contributed by atoms with Gasteiger partial charge in [0.1, 0.15) is 0 Å². The van der Waals surface area contributed by atoms with Crippen LogP contribution >= 0.6 is 11.3 Å². The number of thiazole rings is 1. The van der Waals surface area contributed by atoms with Gasteiger partial charge in [0.2, 0.25) is 5.91 Å². The number of amides is 1. The summed E-state index contributed by atoms with van der Waals surface area (Å²) in [6.07, 6.45) is 1.40. The average Bonchev–Trinajstić information content (AvgIpc) is 2.89. The lowest BCUT2D eigenvalue weighted by Gasteiger charge is -2.24. The van der Waals surface area contributed by atoms with Gasteiger partial charge < -0.3 is 10.6 Å². The molecule has 2 aliphatic heterocycles. The van der Waals surface area contributed by atoms with E-state index >= 15 is 0 Å². The van der Waals surface area contributed by atoms with Gasteiger partial charge in [0.15, 0.2) is 15.0 Å². The first-order valence-electron chi connectivity index (χ1n) is 7.00. The predicted octanol–water partition coefficient (Wildman–Crippen LogP) is 0.941. The number of fused-ring (bicyclic) bond motifs is 1. The second-order valence-electron chi connectivity index (χ2n) is 6.35. The van der Waals surface area contributed by atoms with Crippen LogP contribution in [0.3, 0.4) is 0 Å². The molecule has 1 aromatic rings. The molecule has 6 nitrogen and oxygen atoms in total. The molecule has 3 heterocycles. The largest absolute Gasteiger partial charge is 0.305 e. The number of sulfone groups is 1. The van der Waals surface area contributed by atoms with E-state index in [1.165, 1.54) is 11.3 Å². The molecule has 21 heavy (non-hydrogen) atoms. The van der Waals surface area contributed by atoms with Crippen molar-refractivity contribution in [3.8, 4) is 0 Å². The van der Waals surface area contributed by atoms with Crippen LogP contribution in [0.15, 0.2) is 0 Å². The molecule has 1 unspecified atom stereocenters. The zero-order valence-electron chi connectivity index (χ0n) is 12.1. The number of hydrogen-bond acceptors (Lipinski definition) is 6. The third kappa shape index (κ3) is 2.97. The van der Waals surface area contributed by atoms with Crippen molar-refractivity contribution in [1.29, 1.82) is 0 Å². The third-order valence-corrected chi connectivity index (χ3v) is 6.92. The van der Waals surface area contributed by atoms with E-state index in [1.807, 2.05) is 0 Å². The molecule has 3 rings (SSSR count). The van der Waals surface area contributed by atoms with Crippen molar-refractivity contribution >= 4 is 32.2 Å². The number of nitrogens with one attached hydrogen (secondary N) is 2. The Labute approximate surface area is 128 Å². The Morgan fingerprint density at radius 3 is 2.90 bits per heavy atom. The minimum absolute atomic E-state index is 0.0447. The van der Waals surface area contributed by atoms with Crippen LogP contribution in [0.4, 0.5) is 5.13 Å². The number of rotatable bonds is 2. The first-order chi connectivity index (χ1) is 9.77. The number of anilines is 1. The van der Waals surface area contributed by atoms with Gasteiger partial charge in [-0.25, -0.2) is 13.4 Å². The lowest BCUT2D eigenvalue weighted by molar-refractivity contribution is -0.119. The third-order valence-electron chi connectivity index (χ3n) is 4.17. The van der Waals surface area contributed by atoms with Gasteiger partial charge in [-0.15, -0.1) is 11.3 Å². The highest BCUT2D eigenvalue weighted by molar-refractivity contribution is 7.90. The number of aryl methyl sites for hydroxylation is 1. The zero-order chi connectivity index (χ0) is 15.3. The second-order valence-corrected chi connectivity index (χ2v) is 9.61. The second kappa shape index (κ2) is 5.03.